The third kappa shape index (κ3) is 1.35. The van der Waals surface area contributed by atoms with Crippen LogP contribution in [-0.2, 0) is 0 Å². The third-order valence-corrected chi connectivity index (χ3v) is 2.32. The summed E-state index contributed by atoms with van der Waals surface area (Å²) >= 11 is 0. The lowest BCUT2D eigenvalue weighted by molar-refractivity contribution is 0.0696. The summed E-state index contributed by atoms with van der Waals surface area (Å²) in [4.78, 5) is 10.9. The summed E-state index contributed by atoms with van der Waals surface area (Å²) in [7, 11) is 0. The highest BCUT2D eigenvalue weighted by Crippen LogP contribution is 2.19. The number of aryl methyl sites for hydroxylation is 1. The molecule has 0 aliphatic heterocycles. The quantitative estimate of drug-likeness (QED) is 0.743. The normalized spacial score (nSPS) is 10.4. The van der Waals surface area contributed by atoms with Crippen molar-refractivity contribution in [3.05, 3.63) is 47.5 Å². The average Bonchev–Trinajstić information content (AvgIpc) is 2.16. The molecule has 0 aliphatic rings. The van der Waals surface area contributed by atoms with Crippen LogP contribution in [0, 0.1) is 6.92 Å². The largest absolute Gasteiger partial charge is 0.478 e. The van der Waals surface area contributed by atoms with Gasteiger partial charge in [-0.3, -0.25) is 0 Å². The zero-order chi connectivity index (χ0) is 10.1. The number of carbonyl (C=O) groups is 1. The number of hydrogen-bond acceptors (Lipinski definition) is 1. The predicted octanol–water partition coefficient (Wildman–Crippen LogP) is 2.85. The molecule has 2 heteroatoms. The first-order valence-electron chi connectivity index (χ1n) is 4.41. The molecule has 70 valence electrons. The van der Waals surface area contributed by atoms with Crippen LogP contribution >= 0.6 is 0 Å². The van der Waals surface area contributed by atoms with Gasteiger partial charge in [0.1, 0.15) is 0 Å². The molecular formula is C12H10O2. The molecule has 2 rings (SSSR count). The molecule has 2 nitrogen and oxygen atoms in total. The van der Waals surface area contributed by atoms with E-state index >= 15 is 0 Å². The smallest absolute Gasteiger partial charge is 0.335 e. The van der Waals surface area contributed by atoms with Crippen molar-refractivity contribution >= 4 is 16.7 Å². The minimum absolute atomic E-state index is 0.378. The van der Waals surface area contributed by atoms with E-state index in [2.05, 4.69) is 0 Å². The molecule has 0 atom stereocenters. The molecule has 0 unspecified atom stereocenters. The summed E-state index contributed by atoms with van der Waals surface area (Å²) in [5.41, 5.74) is 1.18. The van der Waals surface area contributed by atoms with Crippen molar-refractivity contribution in [3.63, 3.8) is 0 Å². The molecule has 0 saturated carbocycles. The Morgan fingerprint density at radius 3 is 2.29 bits per heavy atom. The average molecular weight is 186 g/mol. The van der Waals surface area contributed by atoms with Crippen LogP contribution in [0.5, 0.6) is 0 Å². The van der Waals surface area contributed by atoms with Crippen molar-refractivity contribution in [2.24, 2.45) is 0 Å². The number of hydrogen-bond donors (Lipinski definition) is 1. The monoisotopic (exact) mass is 186 g/mol. The van der Waals surface area contributed by atoms with Crippen molar-refractivity contribution in [3.8, 4) is 0 Å². The standard InChI is InChI=1S/C12H10O2/c1-8-6-9-4-2-3-5-10(9)7-11(8)12(13)14/h2-7H,1H3,(H,13,14). The van der Waals surface area contributed by atoms with E-state index in [0.717, 1.165) is 16.3 Å². The summed E-state index contributed by atoms with van der Waals surface area (Å²) in [6, 6.07) is 11.4. The van der Waals surface area contributed by atoms with E-state index in [1.54, 1.807) is 6.07 Å². The molecule has 0 bridgehead atoms. The minimum Gasteiger partial charge on any atom is -0.478 e. The minimum atomic E-state index is -0.867. The fraction of sp³-hybridized carbons (Fsp3) is 0.0833. The van der Waals surface area contributed by atoms with Gasteiger partial charge in [-0.2, -0.15) is 0 Å². The summed E-state index contributed by atoms with van der Waals surface area (Å²) in [6.07, 6.45) is 0. The lowest BCUT2D eigenvalue weighted by atomic mass is 10.0. The molecule has 2 aromatic rings. The highest BCUT2D eigenvalue weighted by molar-refractivity contribution is 5.96. The maximum Gasteiger partial charge on any atom is 0.335 e. The Morgan fingerprint density at radius 1 is 1.14 bits per heavy atom. The molecule has 14 heavy (non-hydrogen) atoms. The molecule has 2 aromatic carbocycles. The van der Waals surface area contributed by atoms with Gasteiger partial charge in [0.2, 0.25) is 0 Å². The van der Waals surface area contributed by atoms with E-state index in [0.29, 0.717) is 5.56 Å². The number of aromatic carboxylic acids is 1. The fourth-order valence-electron chi connectivity index (χ4n) is 1.58. The second-order valence-corrected chi connectivity index (χ2v) is 3.32. The van der Waals surface area contributed by atoms with Crippen molar-refractivity contribution < 1.29 is 9.90 Å². The van der Waals surface area contributed by atoms with E-state index in [4.69, 9.17) is 5.11 Å². The Balaban J connectivity index is 2.77. The fourth-order valence-corrected chi connectivity index (χ4v) is 1.58. The van der Waals surface area contributed by atoms with E-state index < -0.39 is 5.97 Å². The second kappa shape index (κ2) is 3.14. The van der Waals surface area contributed by atoms with Gasteiger partial charge in [0.05, 0.1) is 5.56 Å². The molecule has 0 saturated heterocycles. The first-order valence-corrected chi connectivity index (χ1v) is 4.41. The van der Waals surface area contributed by atoms with Gasteiger partial charge in [-0.1, -0.05) is 30.3 Å². The maximum atomic E-state index is 10.9. The first kappa shape index (κ1) is 8.75. The Labute approximate surface area is 81.8 Å². The predicted molar refractivity (Wildman–Crippen MR) is 55.6 cm³/mol. The van der Waals surface area contributed by atoms with Crippen molar-refractivity contribution in [2.75, 3.05) is 0 Å². The SMILES string of the molecule is Cc1cc2ccccc2cc1C(=O)O. The molecule has 0 amide bonds. The lowest BCUT2D eigenvalue weighted by Gasteiger charge is -2.03. The van der Waals surface area contributed by atoms with E-state index in [9.17, 15) is 4.79 Å². The van der Waals surface area contributed by atoms with Crippen LogP contribution in [0.4, 0.5) is 0 Å². The summed E-state index contributed by atoms with van der Waals surface area (Å²) in [5, 5.41) is 11.0. The van der Waals surface area contributed by atoms with Crippen LogP contribution < -0.4 is 0 Å². The van der Waals surface area contributed by atoms with Crippen LogP contribution in [0.15, 0.2) is 36.4 Å². The number of fused-ring (bicyclic) bond motifs is 1. The topological polar surface area (TPSA) is 37.3 Å². The molecule has 0 radical (unpaired) electrons. The number of carboxylic acids is 1. The summed E-state index contributed by atoms with van der Waals surface area (Å²) in [6.45, 7) is 1.82. The Bertz CT molecular complexity index is 501. The van der Waals surface area contributed by atoms with E-state index in [-0.39, 0.29) is 0 Å². The van der Waals surface area contributed by atoms with Crippen molar-refractivity contribution in [2.45, 2.75) is 6.92 Å². The van der Waals surface area contributed by atoms with Gasteiger partial charge in [-0.05, 0) is 29.3 Å². The Hall–Kier alpha value is -1.83. The number of rotatable bonds is 1. The zero-order valence-electron chi connectivity index (χ0n) is 7.82. The molecule has 0 fully saturated rings. The number of carboxylic acid groups (broad SMARTS) is 1. The highest BCUT2D eigenvalue weighted by atomic mass is 16.4. The summed E-state index contributed by atoms with van der Waals surface area (Å²) in [5.74, 6) is -0.867. The van der Waals surface area contributed by atoms with Gasteiger partial charge >= 0.3 is 5.97 Å². The second-order valence-electron chi connectivity index (χ2n) is 3.32. The molecule has 0 spiro atoms. The van der Waals surface area contributed by atoms with Gasteiger partial charge < -0.3 is 5.11 Å². The van der Waals surface area contributed by atoms with Gasteiger partial charge in [0.15, 0.2) is 0 Å². The van der Waals surface area contributed by atoms with Gasteiger partial charge in [-0.25, -0.2) is 4.79 Å². The van der Waals surface area contributed by atoms with Crippen molar-refractivity contribution in [1.82, 2.24) is 0 Å². The highest BCUT2D eigenvalue weighted by Gasteiger charge is 2.07. The first-order chi connectivity index (χ1) is 6.68. The van der Waals surface area contributed by atoms with Gasteiger partial charge in [0, 0.05) is 0 Å². The van der Waals surface area contributed by atoms with Gasteiger partial charge in [0.25, 0.3) is 0 Å². The molecule has 0 aliphatic carbocycles. The van der Waals surface area contributed by atoms with Crippen LogP contribution in [0.2, 0.25) is 0 Å². The van der Waals surface area contributed by atoms with Gasteiger partial charge in [-0.15, -0.1) is 0 Å². The van der Waals surface area contributed by atoms with Crippen LogP contribution in [0.25, 0.3) is 10.8 Å². The zero-order valence-corrected chi connectivity index (χ0v) is 7.82. The lowest BCUT2D eigenvalue weighted by Crippen LogP contribution is -1.99. The molecule has 0 aromatic heterocycles. The van der Waals surface area contributed by atoms with E-state index in [1.807, 2.05) is 37.3 Å². The van der Waals surface area contributed by atoms with E-state index in [1.165, 1.54) is 0 Å². The van der Waals surface area contributed by atoms with Crippen LogP contribution in [0.1, 0.15) is 15.9 Å². The molecule has 1 N–H and O–H groups in total. The Morgan fingerprint density at radius 2 is 1.71 bits per heavy atom. The van der Waals surface area contributed by atoms with Crippen LogP contribution in [-0.4, -0.2) is 11.1 Å². The summed E-state index contributed by atoms with van der Waals surface area (Å²) < 4.78 is 0. The number of benzene rings is 2. The third-order valence-electron chi connectivity index (χ3n) is 2.32. The van der Waals surface area contributed by atoms with Crippen LogP contribution in [0.3, 0.4) is 0 Å². The van der Waals surface area contributed by atoms with Crippen molar-refractivity contribution in [1.29, 1.82) is 0 Å². The molecular weight excluding hydrogens is 176 g/mol. The Kier molecular flexibility index (Phi) is 1.97. The maximum absolute atomic E-state index is 10.9. The molecule has 0 heterocycles.